The topological polar surface area (TPSA) is 57.5 Å². The van der Waals surface area contributed by atoms with Gasteiger partial charge in [0.1, 0.15) is 0 Å². The molecule has 6 heteroatoms. The number of fused-ring (bicyclic) bond motifs is 1. The van der Waals surface area contributed by atoms with Gasteiger partial charge < -0.3 is 13.6 Å². The Morgan fingerprint density at radius 3 is 2.44 bits per heavy atom. The van der Waals surface area contributed by atoms with Gasteiger partial charge in [0, 0.05) is 23.7 Å². The number of aromatic nitrogens is 1. The van der Waals surface area contributed by atoms with Crippen LogP contribution in [0.4, 0.5) is 0 Å². The molecule has 2 aromatic rings. The summed E-state index contributed by atoms with van der Waals surface area (Å²) in [7, 11) is -3.09. The van der Waals surface area contributed by atoms with Gasteiger partial charge in [-0.1, -0.05) is 30.3 Å². The third kappa shape index (κ3) is 3.79. The van der Waals surface area contributed by atoms with Gasteiger partial charge in [-0.05, 0) is 32.4 Å². The van der Waals surface area contributed by atoms with E-state index in [1.54, 1.807) is 0 Å². The van der Waals surface area contributed by atoms with Gasteiger partial charge in [0.25, 0.3) is 0 Å². The summed E-state index contributed by atoms with van der Waals surface area (Å²) in [6.45, 7) is 5.12. The lowest BCUT2D eigenvalue weighted by atomic mass is 10.1. The summed E-state index contributed by atoms with van der Waals surface area (Å²) in [6.07, 6.45) is 1.20. The van der Waals surface area contributed by atoms with Crippen molar-refractivity contribution in [3.8, 4) is 0 Å². The maximum Gasteiger partial charge on any atom is 0.331 e. The zero-order valence-corrected chi connectivity index (χ0v) is 15.6. The van der Waals surface area contributed by atoms with E-state index in [-0.39, 0.29) is 11.7 Å². The summed E-state index contributed by atoms with van der Waals surface area (Å²) in [5, 5.41) is 0. The highest BCUT2D eigenvalue weighted by molar-refractivity contribution is 7.53. The fourth-order valence-corrected chi connectivity index (χ4v) is 5.43. The van der Waals surface area contributed by atoms with Gasteiger partial charge in [0.15, 0.2) is 0 Å². The van der Waals surface area contributed by atoms with E-state index < -0.39 is 7.60 Å². The van der Waals surface area contributed by atoms with Crippen molar-refractivity contribution >= 4 is 13.4 Å². The highest BCUT2D eigenvalue weighted by Crippen LogP contribution is 2.53. The Hall–Kier alpha value is -1.68. The first-order chi connectivity index (χ1) is 12.1. The Balaban J connectivity index is 1.82. The quantitative estimate of drug-likeness (QED) is 0.514. The van der Waals surface area contributed by atoms with E-state index in [1.807, 2.05) is 60.9 Å². The standard InChI is InChI=1S/C19H24NO4P/c1-3-23-25(22,24-4-2)14-16-12-13-20-17(16)10-11-18(20)19(21)15-8-6-5-7-9-15/h5-11,16H,3-4,12-14H2,1-2H3. The van der Waals surface area contributed by atoms with E-state index in [4.69, 9.17) is 9.05 Å². The average molecular weight is 361 g/mol. The number of ketones is 1. The molecule has 2 heterocycles. The van der Waals surface area contributed by atoms with Gasteiger partial charge in [-0.15, -0.1) is 0 Å². The van der Waals surface area contributed by atoms with Crippen LogP contribution in [-0.4, -0.2) is 29.7 Å². The van der Waals surface area contributed by atoms with Gasteiger partial charge in [0.2, 0.25) is 5.78 Å². The maximum atomic E-state index is 12.8. The molecule has 0 amide bonds. The van der Waals surface area contributed by atoms with Crippen molar-refractivity contribution in [2.45, 2.75) is 32.7 Å². The molecule has 0 fully saturated rings. The summed E-state index contributed by atoms with van der Waals surface area (Å²) in [4.78, 5) is 12.7. The zero-order chi connectivity index (χ0) is 17.9. The Morgan fingerprint density at radius 2 is 1.80 bits per heavy atom. The van der Waals surface area contributed by atoms with Crippen LogP contribution in [0.3, 0.4) is 0 Å². The van der Waals surface area contributed by atoms with Crippen molar-refractivity contribution in [1.29, 1.82) is 0 Å². The molecule has 1 aromatic carbocycles. The maximum absolute atomic E-state index is 12.8. The largest absolute Gasteiger partial charge is 0.342 e. The van der Waals surface area contributed by atoms with Gasteiger partial charge >= 0.3 is 7.60 Å². The highest BCUT2D eigenvalue weighted by atomic mass is 31.2. The Kier molecular flexibility index (Phi) is 5.57. The van der Waals surface area contributed by atoms with Crippen LogP contribution >= 0.6 is 7.60 Å². The summed E-state index contributed by atoms with van der Waals surface area (Å²) in [6, 6.07) is 13.1. The van der Waals surface area contributed by atoms with Gasteiger partial charge in [-0.2, -0.15) is 0 Å². The van der Waals surface area contributed by atoms with Crippen LogP contribution in [0.2, 0.25) is 0 Å². The predicted molar refractivity (Wildman–Crippen MR) is 97.4 cm³/mol. The average Bonchev–Trinajstić information content (AvgIpc) is 3.18. The lowest BCUT2D eigenvalue weighted by molar-refractivity contribution is 0.103. The molecule has 0 spiro atoms. The van der Waals surface area contributed by atoms with Crippen LogP contribution in [0.5, 0.6) is 0 Å². The zero-order valence-electron chi connectivity index (χ0n) is 14.7. The molecule has 1 aromatic heterocycles. The molecule has 5 nitrogen and oxygen atoms in total. The molecule has 0 N–H and O–H groups in total. The minimum Gasteiger partial charge on any atom is -0.342 e. The number of hydrogen-bond donors (Lipinski definition) is 0. The summed E-state index contributed by atoms with van der Waals surface area (Å²) in [5.41, 5.74) is 2.41. The summed E-state index contributed by atoms with van der Waals surface area (Å²) < 4.78 is 25.7. The van der Waals surface area contributed by atoms with Crippen LogP contribution in [0.25, 0.3) is 0 Å². The minimum atomic E-state index is -3.09. The number of carbonyl (C=O) groups is 1. The lowest BCUT2D eigenvalue weighted by Gasteiger charge is -2.20. The van der Waals surface area contributed by atoms with Gasteiger partial charge in [-0.3, -0.25) is 9.36 Å². The number of benzene rings is 1. The van der Waals surface area contributed by atoms with E-state index in [1.165, 1.54) is 0 Å². The molecule has 0 saturated heterocycles. The number of hydrogen-bond acceptors (Lipinski definition) is 4. The second-order valence-corrected chi connectivity index (χ2v) is 8.21. The molecule has 0 saturated carbocycles. The van der Waals surface area contributed by atoms with Gasteiger partial charge in [-0.25, -0.2) is 0 Å². The van der Waals surface area contributed by atoms with Crippen LogP contribution < -0.4 is 0 Å². The fraction of sp³-hybridized carbons (Fsp3) is 0.421. The van der Waals surface area contributed by atoms with E-state index in [9.17, 15) is 9.36 Å². The van der Waals surface area contributed by atoms with Crippen LogP contribution in [0.1, 0.15) is 47.9 Å². The van der Waals surface area contributed by atoms with Crippen LogP contribution in [0.15, 0.2) is 42.5 Å². The molecule has 1 aliphatic heterocycles. The monoisotopic (exact) mass is 361 g/mol. The third-order valence-corrected chi connectivity index (χ3v) is 6.69. The van der Waals surface area contributed by atoms with E-state index in [0.717, 1.165) is 18.7 Å². The molecule has 0 aliphatic carbocycles. The lowest BCUT2D eigenvalue weighted by Crippen LogP contribution is -2.09. The number of carbonyl (C=O) groups excluding carboxylic acids is 1. The van der Waals surface area contributed by atoms with Crippen molar-refractivity contribution in [3.05, 3.63) is 59.4 Å². The predicted octanol–water partition coefficient (Wildman–Crippen LogP) is 4.47. The minimum absolute atomic E-state index is 0.0188. The SMILES string of the molecule is CCOP(=O)(CC1CCn2c(C(=O)c3ccccc3)ccc21)OCC. The van der Waals surface area contributed by atoms with E-state index >= 15 is 0 Å². The first-order valence-corrected chi connectivity index (χ1v) is 10.5. The number of rotatable bonds is 8. The summed E-state index contributed by atoms with van der Waals surface area (Å²) >= 11 is 0. The smallest absolute Gasteiger partial charge is 0.331 e. The molecule has 1 atom stereocenters. The van der Waals surface area contributed by atoms with Crippen LogP contribution in [0, 0.1) is 0 Å². The fourth-order valence-electron chi connectivity index (χ4n) is 3.45. The van der Waals surface area contributed by atoms with E-state index in [0.29, 0.717) is 30.6 Å². The van der Waals surface area contributed by atoms with Crippen molar-refractivity contribution in [2.75, 3.05) is 19.4 Å². The summed E-state index contributed by atoms with van der Waals surface area (Å²) in [5.74, 6) is 0.103. The normalized spacial score (nSPS) is 16.8. The van der Waals surface area contributed by atoms with Crippen molar-refractivity contribution in [3.63, 3.8) is 0 Å². The molecule has 25 heavy (non-hydrogen) atoms. The second kappa shape index (κ2) is 7.69. The first-order valence-electron chi connectivity index (χ1n) is 8.75. The number of nitrogens with zero attached hydrogens (tertiary/aromatic N) is 1. The molecule has 0 bridgehead atoms. The molecule has 134 valence electrons. The third-order valence-electron chi connectivity index (χ3n) is 4.50. The van der Waals surface area contributed by atoms with Crippen LogP contribution in [-0.2, 0) is 20.2 Å². The van der Waals surface area contributed by atoms with E-state index in [2.05, 4.69) is 0 Å². The van der Waals surface area contributed by atoms with Crippen molar-refractivity contribution in [2.24, 2.45) is 0 Å². The Labute approximate surface area is 148 Å². The van der Waals surface area contributed by atoms with Crippen molar-refractivity contribution < 1.29 is 18.4 Å². The van der Waals surface area contributed by atoms with Gasteiger partial charge in [0.05, 0.1) is 25.1 Å². The second-order valence-electron chi connectivity index (χ2n) is 6.10. The van der Waals surface area contributed by atoms with Crippen molar-refractivity contribution in [1.82, 2.24) is 4.57 Å². The Bertz CT molecular complexity index is 774. The molecular weight excluding hydrogens is 337 g/mol. The first kappa shape index (κ1) is 18.1. The Morgan fingerprint density at radius 1 is 1.12 bits per heavy atom. The highest BCUT2D eigenvalue weighted by Gasteiger charge is 2.34. The molecule has 1 unspecified atom stereocenters. The molecular formula is C19H24NO4P. The molecule has 3 rings (SSSR count). The molecule has 0 radical (unpaired) electrons. The molecule has 1 aliphatic rings.